The largest absolute Gasteiger partial charge is 0.377 e. The summed E-state index contributed by atoms with van der Waals surface area (Å²) in [7, 11) is 0. The lowest BCUT2D eigenvalue weighted by Gasteiger charge is -2.17. The monoisotopic (exact) mass is 273 g/mol. The predicted molar refractivity (Wildman–Crippen MR) is 86.2 cm³/mol. The van der Waals surface area contributed by atoms with Crippen LogP contribution >= 0.6 is 11.3 Å². The van der Waals surface area contributed by atoms with Gasteiger partial charge < -0.3 is 5.32 Å². The van der Waals surface area contributed by atoms with Crippen LogP contribution in [0.25, 0.3) is 0 Å². The van der Waals surface area contributed by atoms with Crippen molar-refractivity contribution in [2.75, 3.05) is 5.32 Å². The van der Waals surface area contributed by atoms with Crippen molar-refractivity contribution in [1.82, 2.24) is 0 Å². The maximum atomic E-state index is 3.66. The molecule has 0 aliphatic heterocycles. The van der Waals surface area contributed by atoms with E-state index in [9.17, 15) is 0 Å². The van der Waals surface area contributed by atoms with E-state index in [0.717, 1.165) is 12.8 Å². The van der Waals surface area contributed by atoms with Crippen molar-refractivity contribution in [3.05, 3.63) is 51.7 Å². The Hall–Kier alpha value is -1.28. The van der Waals surface area contributed by atoms with Crippen molar-refractivity contribution in [3.63, 3.8) is 0 Å². The minimum Gasteiger partial charge on any atom is -0.377 e. The fourth-order valence-corrected chi connectivity index (χ4v) is 3.23. The van der Waals surface area contributed by atoms with Crippen molar-refractivity contribution in [2.45, 2.75) is 46.1 Å². The molecule has 0 amide bonds. The Bertz CT molecular complexity index is 515. The number of anilines is 1. The van der Waals surface area contributed by atoms with E-state index < -0.39 is 0 Å². The molecule has 1 atom stereocenters. The standard InChI is InChI=1S/C17H23NS/c1-4-8-14-9-6-7-10-16(14)18-13(3)17-12-11-15(5-2)19-17/h6-7,9-13,18H,4-5,8H2,1-3H3. The quantitative estimate of drug-likeness (QED) is 0.739. The van der Waals surface area contributed by atoms with Gasteiger partial charge >= 0.3 is 0 Å². The molecule has 0 saturated heterocycles. The molecule has 0 fully saturated rings. The van der Waals surface area contributed by atoms with Crippen LogP contribution in [0, 0.1) is 0 Å². The molecule has 0 spiro atoms. The SMILES string of the molecule is CCCc1ccccc1NC(C)c1ccc(CC)s1. The maximum Gasteiger partial charge on any atom is 0.0578 e. The predicted octanol–water partition coefficient (Wildman–Crippen LogP) is 5.44. The van der Waals surface area contributed by atoms with Crippen LogP contribution in [0.4, 0.5) is 5.69 Å². The first-order valence-electron chi connectivity index (χ1n) is 7.17. The summed E-state index contributed by atoms with van der Waals surface area (Å²) < 4.78 is 0. The number of aryl methyl sites for hydroxylation is 2. The van der Waals surface area contributed by atoms with Gasteiger partial charge in [-0.3, -0.25) is 0 Å². The van der Waals surface area contributed by atoms with E-state index in [1.165, 1.54) is 27.4 Å². The number of thiophene rings is 1. The third kappa shape index (κ3) is 3.60. The molecular formula is C17H23NS. The van der Waals surface area contributed by atoms with Crippen molar-refractivity contribution < 1.29 is 0 Å². The molecule has 0 saturated carbocycles. The van der Waals surface area contributed by atoms with Gasteiger partial charge in [-0.1, -0.05) is 38.5 Å². The molecular weight excluding hydrogens is 250 g/mol. The molecule has 2 aromatic rings. The zero-order valence-corrected chi connectivity index (χ0v) is 12.9. The average Bonchev–Trinajstić information content (AvgIpc) is 2.90. The molecule has 1 N–H and O–H groups in total. The molecule has 102 valence electrons. The van der Waals surface area contributed by atoms with Gasteiger partial charge in [-0.15, -0.1) is 11.3 Å². The highest BCUT2D eigenvalue weighted by molar-refractivity contribution is 7.12. The molecule has 0 radical (unpaired) electrons. The summed E-state index contributed by atoms with van der Waals surface area (Å²) in [5.41, 5.74) is 2.70. The Morgan fingerprint density at radius 3 is 2.58 bits per heavy atom. The van der Waals surface area contributed by atoms with E-state index in [2.05, 4.69) is 62.5 Å². The molecule has 1 aromatic heterocycles. The van der Waals surface area contributed by atoms with Crippen molar-refractivity contribution >= 4 is 17.0 Å². The molecule has 1 unspecified atom stereocenters. The van der Waals surface area contributed by atoms with Gasteiger partial charge in [0.1, 0.15) is 0 Å². The number of benzene rings is 1. The summed E-state index contributed by atoms with van der Waals surface area (Å²) in [6, 6.07) is 13.5. The van der Waals surface area contributed by atoms with Gasteiger partial charge in [0.2, 0.25) is 0 Å². The number of para-hydroxylation sites is 1. The normalized spacial score (nSPS) is 12.4. The number of hydrogen-bond donors (Lipinski definition) is 1. The minimum atomic E-state index is 0.378. The van der Waals surface area contributed by atoms with Crippen LogP contribution in [-0.2, 0) is 12.8 Å². The zero-order valence-electron chi connectivity index (χ0n) is 12.1. The lowest BCUT2D eigenvalue weighted by Crippen LogP contribution is -2.06. The van der Waals surface area contributed by atoms with Crippen molar-refractivity contribution in [2.24, 2.45) is 0 Å². The Labute approximate surface area is 120 Å². The van der Waals surface area contributed by atoms with Crippen LogP contribution < -0.4 is 5.32 Å². The van der Waals surface area contributed by atoms with E-state index in [4.69, 9.17) is 0 Å². The molecule has 0 aliphatic carbocycles. The molecule has 2 rings (SSSR count). The molecule has 0 bridgehead atoms. The fraction of sp³-hybridized carbons (Fsp3) is 0.412. The van der Waals surface area contributed by atoms with E-state index in [0.29, 0.717) is 6.04 Å². The van der Waals surface area contributed by atoms with E-state index >= 15 is 0 Å². The van der Waals surface area contributed by atoms with Crippen LogP contribution in [0.1, 0.15) is 48.6 Å². The van der Waals surface area contributed by atoms with Gasteiger partial charge in [0, 0.05) is 15.4 Å². The second kappa shape index (κ2) is 6.76. The first kappa shape index (κ1) is 14.1. The minimum absolute atomic E-state index is 0.378. The highest BCUT2D eigenvalue weighted by Gasteiger charge is 2.10. The summed E-state index contributed by atoms with van der Waals surface area (Å²) in [6.07, 6.45) is 3.45. The summed E-state index contributed by atoms with van der Waals surface area (Å²) in [4.78, 5) is 2.88. The van der Waals surface area contributed by atoms with Crippen LogP contribution in [0.5, 0.6) is 0 Å². The van der Waals surface area contributed by atoms with Crippen LogP contribution in [0.15, 0.2) is 36.4 Å². The van der Waals surface area contributed by atoms with Gasteiger partial charge in [-0.05, 0) is 43.5 Å². The molecule has 1 aromatic carbocycles. The average molecular weight is 273 g/mol. The smallest absolute Gasteiger partial charge is 0.0578 e. The van der Waals surface area contributed by atoms with Crippen LogP contribution in [-0.4, -0.2) is 0 Å². The van der Waals surface area contributed by atoms with Gasteiger partial charge in [-0.25, -0.2) is 0 Å². The molecule has 19 heavy (non-hydrogen) atoms. The second-order valence-electron chi connectivity index (χ2n) is 4.93. The summed E-state index contributed by atoms with van der Waals surface area (Å²) in [5, 5.41) is 3.66. The van der Waals surface area contributed by atoms with Gasteiger partial charge in [-0.2, -0.15) is 0 Å². The van der Waals surface area contributed by atoms with Crippen molar-refractivity contribution in [1.29, 1.82) is 0 Å². The lowest BCUT2D eigenvalue weighted by molar-refractivity contribution is 0.882. The lowest BCUT2D eigenvalue weighted by atomic mass is 10.1. The van der Waals surface area contributed by atoms with Crippen molar-refractivity contribution in [3.8, 4) is 0 Å². The number of rotatable bonds is 6. The summed E-state index contributed by atoms with van der Waals surface area (Å²) in [5.74, 6) is 0. The highest BCUT2D eigenvalue weighted by Crippen LogP contribution is 2.28. The van der Waals surface area contributed by atoms with E-state index in [1.54, 1.807) is 0 Å². The summed E-state index contributed by atoms with van der Waals surface area (Å²) >= 11 is 1.92. The van der Waals surface area contributed by atoms with Crippen LogP contribution in [0.3, 0.4) is 0 Å². The second-order valence-corrected chi connectivity index (χ2v) is 6.13. The van der Waals surface area contributed by atoms with Gasteiger partial charge in [0.15, 0.2) is 0 Å². The third-order valence-corrected chi connectivity index (χ3v) is 4.78. The zero-order chi connectivity index (χ0) is 13.7. The van der Waals surface area contributed by atoms with E-state index in [1.807, 2.05) is 11.3 Å². The number of hydrogen-bond acceptors (Lipinski definition) is 2. The fourth-order valence-electron chi connectivity index (χ4n) is 2.27. The number of nitrogens with one attached hydrogen (secondary N) is 1. The summed E-state index contributed by atoms with van der Waals surface area (Å²) in [6.45, 7) is 6.69. The Morgan fingerprint density at radius 2 is 1.89 bits per heavy atom. The topological polar surface area (TPSA) is 12.0 Å². The molecule has 2 heteroatoms. The van der Waals surface area contributed by atoms with Gasteiger partial charge in [0.25, 0.3) is 0 Å². The van der Waals surface area contributed by atoms with Crippen LogP contribution in [0.2, 0.25) is 0 Å². The maximum absolute atomic E-state index is 3.66. The first-order chi connectivity index (χ1) is 9.24. The first-order valence-corrected chi connectivity index (χ1v) is 7.99. The third-order valence-electron chi connectivity index (χ3n) is 3.37. The molecule has 1 heterocycles. The van der Waals surface area contributed by atoms with E-state index in [-0.39, 0.29) is 0 Å². The Balaban J connectivity index is 2.11. The molecule has 1 nitrogen and oxygen atoms in total. The Morgan fingerprint density at radius 1 is 1.11 bits per heavy atom. The molecule has 0 aliphatic rings. The highest BCUT2D eigenvalue weighted by atomic mass is 32.1. The van der Waals surface area contributed by atoms with Gasteiger partial charge in [0.05, 0.1) is 6.04 Å². The Kier molecular flexibility index (Phi) is 5.03.